The van der Waals surface area contributed by atoms with Crippen molar-refractivity contribution in [2.75, 3.05) is 0 Å². The summed E-state index contributed by atoms with van der Waals surface area (Å²) in [7, 11) is 0. The van der Waals surface area contributed by atoms with Crippen LogP contribution in [0.2, 0.25) is 0 Å². The van der Waals surface area contributed by atoms with E-state index in [4.69, 9.17) is 20.3 Å². The molecule has 0 aliphatic rings. The van der Waals surface area contributed by atoms with Crippen LogP contribution in [0.25, 0.3) is 33.8 Å². The van der Waals surface area contributed by atoms with E-state index in [0.717, 1.165) is 33.8 Å². The maximum Gasteiger partial charge on any atom is 0.212 e. The smallest absolute Gasteiger partial charge is 0.212 e. The van der Waals surface area contributed by atoms with Crippen molar-refractivity contribution in [2.24, 2.45) is 23.3 Å². The molecule has 0 aliphatic carbocycles. The lowest BCUT2D eigenvalue weighted by molar-refractivity contribution is 0.393. The van der Waals surface area contributed by atoms with Crippen molar-refractivity contribution < 1.29 is 8.83 Å². The van der Waals surface area contributed by atoms with Gasteiger partial charge in [-0.2, -0.15) is 0 Å². The third-order valence-electron chi connectivity index (χ3n) is 5.73. The third-order valence-corrected chi connectivity index (χ3v) is 5.73. The lowest BCUT2D eigenvalue weighted by Gasteiger charge is -2.10. The fourth-order valence-corrected chi connectivity index (χ4v) is 3.37. The number of rotatable bonds is 7. The summed E-state index contributed by atoms with van der Waals surface area (Å²) in [5.74, 6) is 3.11. The molecule has 4 rings (SSSR count). The third kappa shape index (κ3) is 4.52. The molecule has 2 aromatic carbocycles. The minimum absolute atomic E-state index is 0.205. The molecule has 0 saturated carbocycles. The van der Waals surface area contributed by atoms with Gasteiger partial charge in [-0.1, -0.05) is 76.2 Å². The summed E-state index contributed by atoms with van der Waals surface area (Å²) >= 11 is 0. The molecule has 0 radical (unpaired) electrons. The van der Waals surface area contributed by atoms with E-state index in [2.05, 4.69) is 61.9 Å². The highest BCUT2D eigenvalue weighted by Gasteiger charge is 2.18. The van der Waals surface area contributed by atoms with Gasteiger partial charge in [0.2, 0.25) is 11.8 Å². The maximum atomic E-state index is 6.14. The number of nitrogens with two attached hydrogens (primary N) is 2. The van der Waals surface area contributed by atoms with Crippen molar-refractivity contribution in [3.63, 3.8) is 0 Å². The molecule has 166 valence electrons. The lowest BCUT2D eigenvalue weighted by atomic mass is 10.0. The summed E-state index contributed by atoms with van der Waals surface area (Å²) in [5.41, 5.74) is 16.4. The highest BCUT2D eigenvalue weighted by molar-refractivity contribution is 5.70. The van der Waals surface area contributed by atoms with Gasteiger partial charge < -0.3 is 20.3 Å². The van der Waals surface area contributed by atoms with Gasteiger partial charge in [-0.05, 0) is 23.0 Å². The van der Waals surface area contributed by atoms with E-state index in [-0.39, 0.29) is 23.9 Å². The van der Waals surface area contributed by atoms with Crippen LogP contribution in [0.3, 0.4) is 0 Å². The second-order valence-corrected chi connectivity index (χ2v) is 8.82. The van der Waals surface area contributed by atoms with Crippen molar-refractivity contribution >= 4 is 0 Å². The number of hydrogen-bond donors (Lipinski definition) is 2. The lowest BCUT2D eigenvalue weighted by Crippen LogP contribution is -2.16. The van der Waals surface area contributed by atoms with Crippen LogP contribution in [0.15, 0.2) is 69.8 Å². The van der Waals surface area contributed by atoms with Crippen LogP contribution >= 0.6 is 0 Å². The van der Waals surface area contributed by atoms with Crippen molar-refractivity contribution in [1.29, 1.82) is 0 Å². The van der Waals surface area contributed by atoms with Gasteiger partial charge in [0, 0.05) is 11.1 Å². The van der Waals surface area contributed by atoms with Gasteiger partial charge >= 0.3 is 0 Å². The Hall–Kier alpha value is -3.22. The summed E-state index contributed by atoms with van der Waals surface area (Å²) in [6, 6.07) is 16.0. The first-order valence-electron chi connectivity index (χ1n) is 11.0. The average Bonchev–Trinajstić information content (AvgIpc) is 3.48. The molecule has 4 aromatic rings. The van der Waals surface area contributed by atoms with Crippen LogP contribution < -0.4 is 11.5 Å². The largest absolute Gasteiger partial charge is 0.439 e. The molecule has 2 unspecified atom stereocenters. The molecule has 2 heterocycles. The highest BCUT2D eigenvalue weighted by Crippen LogP contribution is 2.30. The molecule has 32 heavy (non-hydrogen) atoms. The van der Waals surface area contributed by atoms with E-state index in [0.29, 0.717) is 11.8 Å². The number of benzene rings is 2. The number of oxazole rings is 2. The van der Waals surface area contributed by atoms with Crippen molar-refractivity contribution in [3.8, 4) is 33.8 Å². The zero-order valence-corrected chi connectivity index (χ0v) is 18.9. The quantitative estimate of drug-likeness (QED) is 0.374. The Labute approximate surface area is 188 Å². The molecule has 0 spiro atoms. The SMILES string of the molecule is CC(C)C(N)c1ncc(-c2ccc(-c3ccc(-c4cnc(C(N)C(C)C)o4)cc3)cc2)o1. The summed E-state index contributed by atoms with van der Waals surface area (Å²) < 4.78 is 11.8. The van der Waals surface area contributed by atoms with Gasteiger partial charge in [0.15, 0.2) is 11.5 Å². The molecule has 4 N–H and O–H groups in total. The maximum absolute atomic E-state index is 6.14. The van der Waals surface area contributed by atoms with Crippen molar-refractivity contribution in [2.45, 2.75) is 39.8 Å². The first kappa shape index (κ1) is 22.0. The molecule has 0 saturated heterocycles. The molecule has 6 nitrogen and oxygen atoms in total. The summed E-state index contributed by atoms with van der Waals surface area (Å²) in [4.78, 5) is 8.68. The predicted octanol–water partition coefficient (Wildman–Crippen LogP) is 5.98. The van der Waals surface area contributed by atoms with E-state index < -0.39 is 0 Å². The molecule has 0 amide bonds. The molecule has 2 aromatic heterocycles. The predicted molar refractivity (Wildman–Crippen MR) is 126 cm³/mol. The molecular weight excluding hydrogens is 400 g/mol. The molecule has 2 atom stereocenters. The highest BCUT2D eigenvalue weighted by atomic mass is 16.4. The fraction of sp³-hybridized carbons (Fsp3) is 0.308. The van der Waals surface area contributed by atoms with E-state index >= 15 is 0 Å². The normalized spacial score (nSPS) is 13.6. The minimum atomic E-state index is -0.205. The van der Waals surface area contributed by atoms with E-state index in [9.17, 15) is 0 Å². The zero-order chi connectivity index (χ0) is 22.8. The average molecular weight is 431 g/mol. The van der Waals surface area contributed by atoms with Gasteiger partial charge in [-0.3, -0.25) is 0 Å². The van der Waals surface area contributed by atoms with Gasteiger partial charge in [0.25, 0.3) is 0 Å². The van der Waals surface area contributed by atoms with Crippen LogP contribution in [0, 0.1) is 11.8 Å². The Morgan fingerprint density at radius 1 is 0.562 bits per heavy atom. The minimum Gasteiger partial charge on any atom is -0.439 e. The van der Waals surface area contributed by atoms with Crippen LogP contribution in [0.1, 0.15) is 51.6 Å². The van der Waals surface area contributed by atoms with Crippen LogP contribution in [0.4, 0.5) is 0 Å². The van der Waals surface area contributed by atoms with Crippen molar-refractivity contribution in [3.05, 3.63) is 72.7 Å². The Bertz CT molecular complexity index is 1060. The second kappa shape index (κ2) is 9.10. The Balaban J connectivity index is 1.49. The molecule has 0 bridgehead atoms. The summed E-state index contributed by atoms with van der Waals surface area (Å²) in [6.07, 6.45) is 3.47. The zero-order valence-electron chi connectivity index (χ0n) is 18.9. The Morgan fingerprint density at radius 2 is 0.875 bits per heavy atom. The van der Waals surface area contributed by atoms with Gasteiger partial charge in [-0.25, -0.2) is 9.97 Å². The van der Waals surface area contributed by atoms with E-state index in [1.165, 1.54) is 0 Å². The molecule has 6 heteroatoms. The topological polar surface area (TPSA) is 104 Å². The van der Waals surface area contributed by atoms with Gasteiger partial charge in [0.05, 0.1) is 24.5 Å². The Morgan fingerprint density at radius 3 is 1.19 bits per heavy atom. The van der Waals surface area contributed by atoms with E-state index in [1.54, 1.807) is 12.4 Å². The number of aromatic nitrogens is 2. The van der Waals surface area contributed by atoms with Crippen LogP contribution in [-0.4, -0.2) is 9.97 Å². The molecular formula is C26H30N4O2. The summed E-state index contributed by atoms with van der Waals surface area (Å²) in [5, 5.41) is 0. The van der Waals surface area contributed by atoms with Gasteiger partial charge in [0.1, 0.15) is 0 Å². The summed E-state index contributed by atoms with van der Waals surface area (Å²) in [6.45, 7) is 8.21. The first-order chi connectivity index (χ1) is 15.3. The monoisotopic (exact) mass is 430 g/mol. The molecule has 0 fully saturated rings. The first-order valence-corrected chi connectivity index (χ1v) is 11.0. The Kier molecular flexibility index (Phi) is 6.26. The van der Waals surface area contributed by atoms with Crippen LogP contribution in [0.5, 0.6) is 0 Å². The van der Waals surface area contributed by atoms with Crippen molar-refractivity contribution in [1.82, 2.24) is 9.97 Å². The standard InChI is InChI=1S/C26H30N4O2/c1-15(2)23(27)25-29-13-21(31-25)19-9-5-17(6-10-19)18-7-11-20(12-8-18)22-14-30-26(32-22)24(28)16(3)4/h5-16,23-24H,27-28H2,1-4H3. The number of nitrogens with zero attached hydrogens (tertiary/aromatic N) is 2. The fourth-order valence-electron chi connectivity index (χ4n) is 3.37. The molecule has 0 aliphatic heterocycles. The van der Waals surface area contributed by atoms with Gasteiger partial charge in [-0.15, -0.1) is 0 Å². The van der Waals surface area contributed by atoms with Crippen LogP contribution in [-0.2, 0) is 0 Å². The number of hydrogen-bond acceptors (Lipinski definition) is 6. The second-order valence-electron chi connectivity index (χ2n) is 8.82. The van der Waals surface area contributed by atoms with E-state index in [1.807, 2.05) is 24.3 Å².